The quantitative estimate of drug-likeness (QED) is 0.367. The smallest absolute Gasteiger partial charge is 0.380 e. The van der Waals surface area contributed by atoms with Gasteiger partial charge in [-0.3, -0.25) is 15.2 Å². The van der Waals surface area contributed by atoms with Crippen molar-refractivity contribution >= 4 is 11.8 Å². The molecular formula is C13H17NO6. The van der Waals surface area contributed by atoms with E-state index in [4.69, 9.17) is 15.2 Å². The third-order valence-corrected chi connectivity index (χ3v) is 2.15. The van der Waals surface area contributed by atoms with Crippen molar-refractivity contribution in [2.24, 2.45) is 0 Å². The fourth-order valence-corrected chi connectivity index (χ4v) is 1.33. The molecular weight excluding hydrogens is 266 g/mol. The van der Waals surface area contributed by atoms with Crippen molar-refractivity contribution in [2.45, 2.75) is 33.0 Å². The van der Waals surface area contributed by atoms with Gasteiger partial charge < -0.3 is 4.74 Å². The van der Waals surface area contributed by atoms with Gasteiger partial charge in [0.25, 0.3) is 5.78 Å². The zero-order valence-electron chi connectivity index (χ0n) is 11.5. The van der Waals surface area contributed by atoms with Gasteiger partial charge in [-0.15, -0.1) is 0 Å². The molecule has 2 N–H and O–H groups in total. The minimum atomic E-state index is -0.918. The topological polar surface area (TPSA) is 96.3 Å². The maximum absolute atomic E-state index is 11.8. The van der Waals surface area contributed by atoms with Gasteiger partial charge in [0.2, 0.25) is 0 Å². The van der Waals surface area contributed by atoms with Crippen LogP contribution in [0.2, 0.25) is 0 Å². The highest BCUT2D eigenvalue weighted by molar-refractivity contribution is 6.40. The van der Waals surface area contributed by atoms with Crippen LogP contribution in [0.15, 0.2) is 24.3 Å². The minimum absolute atomic E-state index is 0.0894. The van der Waals surface area contributed by atoms with Crippen LogP contribution in [0.3, 0.4) is 0 Å². The summed E-state index contributed by atoms with van der Waals surface area (Å²) in [6.07, 6.45) is 0. The third kappa shape index (κ3) is 5.45. The highest BCUT2D eigenvalue weighted by atomic mass is 17.1. The van der Waals surface area contributed by atoms with Gasteiger partial charge in [-0.1, -0.05) is 24.3 Å². The van der Waals surface area contributed by atoms with Crippen molar-refractivity contribution in [1.29, 1.82) is 0 Å². The van der Waals surface area contributed by atoms with Crippen LogP contribution >= 0.6 is 0 Å². The van der Waals surface area contributed by atoms with Gasteiger partial charge in [0.15, 0.2) is 0 Å². The summed E-state index contributed by atoms with van der Waals surface area (Å²) in [5.41, 5.74) is 0.0540. The number of rotatable bonds is 5. The predicted octanol–water partition coefficient (Wildman–Crippen LogP) is 1.72. The van der Waals surface area contributed by atoms with E-state index in [9.17, 15) is 9.59 Å². The summed E-state index contributed by atoms with van der Waals surface area (Å²) in [4.78, 5) is 27.8. The van der Waals surface area contributed by atoms with Crippen LogP contribution in [0.1, 0.15) is 36.7 Å². The Kier molecular flexibility index (Phi) is 5.34. The molecule has 7 heteroatoms. The molecule has 1 aromatic rings. The zero-order chi connectivity index (χ0) is 15.3. The summed E-state index contributed by atoms with van der Waals surface area (Å²) < 4.78 is 4.98. The second kappa shape index (κ2) is 6.58. The Labute approximate surface area is 116 Å². The maximum Gasteiger partial charge on any atom is 0.380 e. The van der Waals surface area contributed by atoms with E-state index < -0.39 is 22.7 Å². The molecule has 0 bridgehead atoms. The van der Waals surface area contributed by atoms with E-state index >= 15 is 0 Å². The Morgan fingerprint density at radius 2 is 1.70 bits per heavy atom. The Morgan fingerprint density at radius 3 is 2.15 bits per heavy atom. The summed E-state index contributed by atoms with van der Waals surface area (Å²) in [7, 11) is 0. The van der Waals surface area contributed by atoms with E-state index in [0.717, 1.165) is 0 Å². The average molecular weight is 283 g/mol. The van der Waals surface area contributed by atoms with Gasteiger partial charge in [0.1, 0.15) is 5.60 Å². The number of carbonyl (C=O) groups excluding carboxylic acids is 2. The molecule has 0 aromatic heterocycles. The van der Waals surface area contributed by atoms with Crippen molar-refractivity contribution in [1.82, 2.24) is 5.39 Å². The molecule has 0 saturated heterocycles. The molecule has 0 radical (unpaired) electrons. The zero-order valence-corrected chi connectivity index (χ0v) is 11.5. The first-order valence-corrected chi connectivity index (χ1v) is 5.86. The molecule has 0 aliphatic carbocycles. The molecule has 0 fully saturated rings. The summed E-state index contributed by atoms with van der Waals surface area (Å²) in [6, 6.07) is 5.93. The van der Waals surface area contributed by atoms with E-state index in [-0.39, 0.29) is 12.2 Å². The number of esters is 1. The summed E-state index contributed by atoms with van der Waals surface area (Å²) in [6.45, 7) is 4.93. The molecule has 0 saturated carbocycles. The molecule has 110 valence electrons. The highest BCUT2D eigenvalue weighted by Gasteiger charge is 2.23. The van der Waals surface area contributed by atoms with Gasteiger partial charge in [-0.25, -0.2) is 9.63 Å². The van der Waals surface area contributed by atoms with Crippen molar-refractivity contribution in [3.8, 4) is 0 Å². The Bertz CT molecular complexity index is 475. The van der Waals surface area contributed by atoms with E-state index in [1.165, 1.54) is 24.3 Å². The number of ether oxygens (including phenoxy) is 1. The molecule has 7 nitrogen and oxygen atoms in total. The third-order valence-electron chi connectivity index (χ3n) is 2.15. The highest BCUT2D eigenvalue weighted by Crippen LogP contribution is 2.11. The molecule has 0 heterocycles. The molecule has 1 rings (SSSR count). The number of benzene rings is 1. The minimum Gasteiger partial charge on any atom is -0.454 e. The summed E-state index contributed by atoms with van der Waals surface area (Å²) in [5, 5.41) is 16.4. The van der Waals surface area contributed by atoms with Crippen LogP contribution in [0.4, 0.5) is 0 Å². The largest absolute Gasteiger partial charge is 0.454 e. The molecule has 0 aliphatic rings. The van der Waals surface area contributed by atoms with E-state index in [0.29, 0.717) is 5.56 Å². The monoisotopic (exact) mass is 283 g/mol. The van der Waals surface area contributed by atoms with E-state index in [1.54, 1.807) is 20.8 Å². The first kappa shape index (κ1) is 16.3. The second-order valence-corrected chi connectivity index (χ2v) is 5.05. The Balaban J connectivity index is 2.68. The number of hydrogen-bond acceptors (Lipinski definition) is 7. The molecule has 1 aromatic carbocycles. The van der Waals surface area contributed by atoms with Crippen LogP contribution in [-0.2, 0) is 21.0 Å². The number of carbonyl (C=O) groups is 2. The van der Waals surface area contributed by atoms with Crippen LogP contribution in [0.25, 0.3) is 0 Å². The summed E-state index contributed by atoms with van der Waals surface area (Å²) in [5.74, 6) is -1.66. The molecule has 20 heavy (non-hydrogen) atoms. The fraction of sp³-hybridized carbons (Fsp3) is 0.385. The molecule has 0 unspecified atom stereocenters. The van der Waals surface area contributed by atoms with Crippen LogP contribution in [0, 0.1) is 0 Å². The Hall–Kier alpha value is -1.80. The maximum atomic E-state index is 11.8. The van der Waals surface area contributed by atoms with Gasteiger partial charge in [-0.2, -0.15) is 0 Å². The van der Waals surface area contributed by atoms with Crippen LogP contribution < -0.4 is 0 Å². The Morgan fingerprint density at radius 1 is 1.15 bits per heavy atom. The lowest BCUT2D eigenvalue weighted by atomic mass is 10.1. The fourth-order valence-electron chi connectivity index (χ4n) is 1.33. The lowest BCUT2D eigenvalue weighted by Gasteiger charge is -2.18. The molecule has 0 atom stereocenters. The van der Waals surface area contributed by atoms with E-state index in [1.807, 2.05) is 0 Å². The molecule has 0 amide bonds. The number of Topliss-reactive ketones (excluding diaryl/α,β-unsaturated/α-hetero) is 1. The molecule has 0 aliphatic heterocycles. The normalized spacial score (nSPS) is 11.5. The predicted molar refractivity (Wildman–Crippen MR) is 66.8 cm³/mol. The first-order chi connectivity index (χ1) is 9.19. The van der Waals surface area contributed by atoms with Gasteiger partial charge in [0, 0.05) is 5.56 Å². The summed E-state index contributed by atoms with van der Waals surface area (Å²) >= 11 is 0. The lowest BCUT2D eigenvalue weighted by Crippen LogP contribution is -2.29. The number of nitrogens with zero attached hydrogens (tertiary/aromatic N) is 1. The second-order valence-electron chi connectivity index (χ2n) is 5.05. The van der Waals surface area contributed by atoms with Crippen molar-refractivity contribution in [2.75, 3.05) is 0 Å². The first-order valence-electron chi connectivity index (χ1n) is 5.86. The SMILES string of the molecule is CC(C)(C)OC(=O)C(=O)c1ccc(CON(O)O)cc1. The van der Waals surface area contributed by atoms with Crippen molar-refractivity contribution < 1.29 is 29.6 Å². The van der Waals surface area contributed by atoms with E-state index in [2.05, 4.69) is 4.84 Å². The number of ketones is 1. The van der Waals surface area contributed by atoms with Gasteiger partial charge >= 0.3 is 5.97 Å². The van der Waals surface area contributed by atoms with Gasteiger partial charge in [0.05, 0.1) is 12.0 Å². The lowest BCUT2D eigenvalue weighted by molar-refractivity contribution is -0.497. The van der Waals surface area contributed by atoms with Gasteiger partial charge in [-0.05, 0) is 26.3 Å². The number of hydrogen-bond donors (Lipinski definition) is 2. The van der Waals surface area contributed by atoms with Crippen molar-refractivity contribution in [3.05, 3.63) is 35.4 Å². The van der Waals surface area contributed by atoms with Crippen LogP contribution in [-0.4, -0.2) is 33.2 Å². The average Bonchev–Trinajstić information content (AvgIpc) is 2.34. The molecule has 0 spiro atoms. The van der Waals surface area contributed by atoms with Crippen LogP contribution in [0.5, 0.6) is 0 Å². The standard InChI is InChI=1S/C13H17NO6/c1-13(2,3)20-12(16)11(15)10-6-4-9(5-7-10)8-19-14(17)18/h4-7,17-18H,8H2,1-3H3. The van der Waals surface area contributed by atoms with Crippen molar-refractivity contribution in [3.63, 3.8) is 0 Å².